The number of hydrogen-bond acceptors (Lipinski definition) is 4. The number of halogens is 1. The summed E-state index contributed by atoms with van der Waals surface area (Å²) in [6.45, 7) is 1.78. The molecule has 2 amide bonds. The van der Waals surface area contributed by atoms with Crippen molar-refractivity contribution in [3.05, 3.63) is 53.1 Å². The van der Waals surface area contributed by atoms with E-state index in [1.54, 1.807) is 42.5 Å². The lowest BCUT2D eigenvalue weighted by Crippen LogP contribution is -2.34. The van der Waals surface area contributed by atoms with Crippen LogP contribution in [0.5, 0.6) is 11.5 Å². The first kappa shape index (κ1) is 20.0. The van der Waals surface area contributed by atoms with Gasteiger partial charge in [0.1, 0.15) is 11.5 Å². The van der Waals surface area contributed by atoms with Gasteiger partial charge in [0.2, 0.25) is 0 Å². The number of carbonyl (C=O) groups excluding carboxylic acids is 2. The molecule has 2 N–H and O–H groups in total. The minimum absolute atomic E-state index is 0.128. The molecule has 3 rings (SSSR count). The van der Waals surface area contributed by atoms with Crippen molar-refractivity contribution in [2.45, 2.75) is 25.8 Å². The van der Waals surface area contributed by atoms with Crippen LogP contribution in [0, 0.1) is 5.92 Å². The average molecular weight is 403 g/mol. The maximum absolute atomic E-state index is 12.5. The molecular weight excluding hydrogens is 380 g/mol. The molecule has 7 heteroatoms. The third-order valence-corrected chi connectivity index (χ3v) is 4.91. The van der Waals surface area contributed by atoms with Gasteiger partial charge in [0.15, 0.2) is 6.61 Å². The van der Waals surface area contributed by atoms with Crippen LogP contribution in [0.1, 0.15) is 30.1 Å². The number of benzene rings is 2. The number of anilines is 1. The van der Waals surface area contributed by atoms with Crippen molar-refractivity contribution in [1.29, 1.82) is 0 Å². The van der Waals surface area contributed by atoms with Crippen LogP contribution < -0.4 is 20.1 Å². The Morgan fingerprint density at radius 1 is 1.18 bits per heavy atom. The highest BCUT2D eigenvalue weighted by Crippen LogP contribution is 2.32. The predicted molar refractivity (Wildman–Crippen MR) is 108 cm³/mol. The van der Waals surface area contributed by atoms with Gasteiger partial charge in [0, 0.05) is 11.7 Å². The lowest BCUT2D eigenvalue weighted by atomic mass is 10.1. The molecule has 2 aromatic rings. The van der Waals surface area contributed by atoms with Crippen molar-refractivity contribution < 1.29 is 19.1 Å². The first-order chi connectivity index (χ1) is 13.5. The number of para-hydroxylation sites is 1. The molecule has 1 atom stereocenters. The number of amides is 2. The molecule has 1 aliphatic carbocycles. The average Bonchev–Trinajstić information content (AvgIpc) is 3.52. The number of methoxy groups -OCH3 is 1. The second-order valence-electron chi connectivity index (χ2n) is 6.78. The normalized spacial score (nSPS) is 14.1. The summed E-state index contributed by atoms with van der Waals surface area (Å²) in [5, 5.41) is 6.10. The van der Waals surface area contributed by atoms with E-state index in [2.05, 4.69) is 10.6 Å². The third-order valence-electron chi connectivity index (χ3n) is 4.61. The monoisotopic (exact) mass is 402 g/mol. The summed E-state index contributed by atoms with van der Waals surface area (Å²) in [6, 6.07) is 12.0. The van der Waals surface area contributed by atoms with Crippen LogP contribution in [0.25, 0.3) is 0 Å². The van der Waals surface area contributed by atoms with Crippen LogP contribution in [0.15, 0.2) is 42.5 Å². The fourth-order valence-corrected chi connectivity index (χ4v) is 3.12. The molecule has 6 nitrogen and oxygen atoms in total. The van der Waals surface area contributed by atoms with Gasteiger partial charge in [-0.05, 0) is 56.0 Å². The first-order valence-corrected chi connectivity index (χ1v) is 9.52. The zero-order valence-corrected chi connectivity index (χ0v) is 16.6. The lowest BCUT2D eigenvalue weighted by molar-refractivity contribution is -0.118. The van der Waals surface area contributed by atoms with E-state index in [0.29, 0.717) is 33.7 Å². The minimum Gasteiger partial charge on any atom is -0.495 e. The van der Waals surface area contributed by atoms with Gasteiger partial charge in [-0.2, -0.15) is 0 Å². The highest BCUT2D eigenvalue weighted by Gasteiger charge is 2.29. The summed E-state index contributed by atoms with van der Waals surface area (Å²) in [7, 11) is 1.52. The lowest BCUT2D eigenvalue weighted by Gasteiger charge is -2.15. The number of rotatable bonds is 8. The highest BCUT2D eigenvalue weighted by atomic mass is 35.5. The van der Waals surface area contributed by atoms with E-state index >= 15 is 0 Å². The molecule has 0 aliphatic heterocycles. The number of ether oxygens (including phenoxy) is 2. The van der Waals surface area contributed by atoms with E-state index in [1.165, 1.54) is 7.11 Å². The Balaban J connectivity index is 1.58. The van der Waals surface area contributed by atoms with Gasteiger partial charge in [0.05, 0.1) is 17.7 Å². The SMILES string of the molecule is COc1ccc(NC(=O)COc2ccccc2C(=O)N[C@H](C)C2CC2)cc1Cl. The molecule has 0 aromatic heterocycles. The summed E-state index contributed by atoms with van der Waals surface area (Å²) in [6.07, 6.45) is 2.30. The van der Waals surface area contributed by atoms with Gasteiger partial charge >= 0.3 is 0 Å². The molecule has 1 fully saturated rings. The molecule has 0 radical (unpaired) electrons. The first-order valence-electron chi connectivity index (χ1n) is 9.14. The Morgan fingerprint density at radius 2 is 1.93 bits per heavy atom. The van der Waals surface area contributed by atoms with Crippen molar-refractivity contribution in [3.8, 4) is 11.5 Å². The maximum atomic E-state index is 12.5. The summed E-state index contributed by atoms with van der Waals surface area (Å²) in [5.41, 5.74) is 0.943. The summed E-state index contributed by atoms with van der Waals surface area (Å²) < 4.78 is 10.7. The zero-order valence-electron chi connectivity index (χ0n) is 15.8. The molecule has 0 unspecified atom stereocenters. The summed E-state index contributed by atoms with van der Waals surface area (Å²) in [5.74, 6) is 0.890. The molecule has 1 aliphatic rings. The standard InChI is InChI=1S/C21H23ClN2O4/c1-13(14-7-8-14)23-21(26)16-5-3-4-6-18(16)28-12-20(25)24-15-9-10-19(27-2)17(22)11-15/h3-6,9-11,13-14H,7-8,12H2,1-2H3,(H,23,26)(H,24,25)/t13-/m1/s1. The van der Waals surface area contributed by atoms with Crippen molar-refractivity contribution in [2.24, 2.45) is 5.92 Å². The van der Waals surface area contributed by atoms with Crippen LogP contribution in [0.2, 0.25) is 5.02 Å². The van der Waals surface area contributed by atoms with Crippen LogP contribution in [0.4, 0.5) is 5.69 Å². The third kappa shape index (κ3) is 5.16. The van der Waals surface area contributed by atoms with Gasteiger partial charge in [-0.15, -0.1) is 0 Å². The second-order valence-corrected chi connectivity index (χ2v) is 7.19. The number of hydrogen-bond donors (Lipinski definition) is 2. The maximum Gasteiger partial charge on any atom is 0.262 e. The van der Waals surface area contributed by atoms with Crippen LogP contribution in [0.3, 0.4) is 0 Å². The Bertz CT molecular complexity index is 867. The molecule has 148 valence electrons. The van der Waals surface area contributed by atoms with Gasteiger partial charge in [0.25, 0.3) is 11.8 Å². The zero-order chi connectivity index (χ0) is 20.1. The predicted octanol–water partition coefficient (Wildman–Crippen LogP) is 3.89. The van der Waals surface area contributed by atoms with E-state index in [9.17, 15) is 9.59 Å². The van der Waals surface area contributed by atoms with Crippen molar-refractivity contribution in [2.75, 3.05) is 19.0 Å². The van der Waals surface area contributed by atoms with Crippen molar-refractivity contribution in [3.63, 3.8) is 0 Å². The fraction of sp³-hybridized carbons (Fsp3) is 0.333. The van der Waals surface area contributed by atoms with Crippen molar-refractivity contribution >= 4 is 29.1 Å². The van der Waals surface area contributed by atoms with E-state index in [4.69, 9.17) is 21.1 Å². The van der Waals surface area contributed by atoms with E-state index in [-0.39, 0.29) is 24.5 Å². The Morgan fingerprint density at radius 3 is 2.61 bits per heavy atom. The van der Waals surface area contributed by atoms with Gasteiger partial charge in [-0.25, -0.2) is 0 Å². The second kappa shape index (κ2) is 8.97. The highest BCUT2D eigenvalue weighted by molar-refractivity contribution is 6.32. The molecule has 0 bridgehead atoms. The molecule has 0 heterocycles. The van der Waals surface area contributed by atoms with Crippen LogP contribution in [-0.2, 0) is 4.79 Å². The van der Waals surface area contributed by atoms with E-state index < -0.39 is 0 Å². The minimum atomic E-state index is -0.359. The Labute approximate surface area is 169 Å². The van der Waals surface area contributed by atoms with Crippen molar-refractivity contribution in [1.82, 2.24) is 5.32 Å². The molecule has 28 heavy (non-hydrogen) atoms. The largest absolute Gasteiger partial charge is 0.495 e. The topological polar surface area (TPSA) is 76.7 Å². The van der Waals surface area contributed by atoms with Gasteiger partial charge < -0.3 is 20.1 Å². The van der Waals surface area contributed by atoms with Crippen LogP contribution in [-0.4, -0.2) is 31.6 Å². The molecule has 2 aromatic carbocycles. The number of carbonyl (C=O) groups is 2. The molecule has 1 saturated carbocycles. The molecule has 0 spiro atoms. The Hall–Kier alpha value is -2.73. The molecular formula is C21H23ClN2O4. The summed E-state index contributed by atoms with van der Waals surface area (Å²) >= 11 is 6.06. The summed E-state index contributed by atoms with van der Waals surface area (Å²) in [4.78, 5) is 24.7. The Kier molecular flexibility index (Phi) is 6.41. The van der Waals surface area contributed by atoms with Gasteiger partial charge in [-0.1, -0.05) is 23.7 Å². The van der Waals surface area contributed by atoms with E-state index in [0.717, 1.165) is 12.8 Å². The quantitative estimate of drug-likeness (QED) is 0.702. The van der Waals surface area contributed by atoms with Gasteiger partial charge in [-0.3, -0.25) is 9.59 Å². The van der Waals surface area contributed by atoms with Crippen LogP contribution >= 0.6 is 11.6 Å². The molecule has 0 saturated heterocycles. The smallest absolute Gasteiger partial charge is 0.262 e. The number of nitrogens with one attached hydrogen (secondary N) is 2. The van der Waals surface area contributed by atoms with E-state index in [1.807, 2.05) is 6.92 Å². The fourth-order valence-electron chi connectivity index (χ4n) is 2.86.